The molecule has 3 rings (SSSR count). The summed E-state index contributed by atoms with van der Waals surface area (Å²) in [6.45, 7) is 2.24. The number of quaternary nitrogens is 1. The van der Waals surface area contributed by atoms with E-state index in [4.69, 9.17) is 0 Å². The smallest absolute Gasteiger partial charge is 0.141 e. The fourth-order valence-electron chi connectivity index (χ4n) is 2.93. The molecular weight excluding hydrogens is 294 g/mol. The molecule has 2 N–H and O–H groups in total. The van der Waals surface area contributed by atoms with Crippen molar-refractivity contribution in [1.29, 1.82) is 0 Å². The van der Waals surface area contributed by atoms with E-state index in [1.165, 1.54) is 46.8 Å². The number of para-hydroxylation sites is 2. The van der Waals surface area contributed by atoms with E-state index in [0.717, 1.165) is 0 Å². The highest BCUT2D eigenvalue weighted by Gasteiger charge is 2.17. The van der Waals surface area contributed by atoms with Crippen molar-refractivity contribution in [2.75, 3.05) is 0 Å². The Labute approximate surface area is 144 Å². The number of nitrogens with one attached hydrogen (secondary N) is 1. The highest BCUT2D eigenvalue weighted by atomic mass is 16.0. The lowest BCUT2D eigenvalue weighted by Crippen LogP contribution is -2.96. The molecular formula is C22H25NO. The molecule has 0 saturated heterocycles. The Balaban J connectivity index is 0.00000208. The molecule has 2 heteroatoms. The van der Waals surface area contributed by atoms with Crippen LogP contribution < -0.4 is 4.90 Å². The lowest BCUT2D eigenvalue weighted by molar-refractivity contribution is -0.681. The number of rotatable bonds is 6. The molecule has 0 spiro atoms. The predicted molar refractivity (Wildman–Crippen MR) is 99.8 cm³/mol. The normalized spacial score (nSPS) is 10.4. The maximum Gasteiger partial charge on any atom is 0.141 e. The first-order valence-corrected chi connectivity index (χ1v) is 8.45. The molecule has 0 radical (unpaired) electrons. The van der Waals surface area contributed by atoms with Crippen molar-refractivity contribution in [2.45, 2.75) is 26.2 Å². The molecule has 3 aromatic rings. The first kappa shape index (κ1) is 17.9. The Morgan fingerprint density at radius 3 is 1.54 bits per heavy atom. The molecule has 24 heavy (non-hydrogen) atoms. The molecule has 3 aromatic carbocycles. The van der Waals surface area contributed by atoms with Crippen molar-refractivity contribution in [1.82, 2.24) is 0 Å². The first-order valence-electron chi connectivity index (χ1n) is 8.45. The van der Waals surface area contributed by atoms with Gasteiger partial charge in [-0.05, 0) is 42.7 Å². The summed E-state index contributed by atoms with van der Waals surface area (Å²) in [6, 6.07) is 30.4. The third-order valence-corrected chi connectivity index (χ3v) is 4.19. The van der Waals surface area contributed by atoms with Gasteiger partial charge in [0.05, 0.1) is 0 Å². The minimum absolute atomic E-state index is 0. The van der Waals surface area contributed by atoms with Gasteiger partial charge in [0.1, 0.15) is 17.1 Å². The summed E-state index contributed by atoms with van der Waals surface area (Å²) < 4.78 is 0. The summed E-state index contributed by atoms with van der Waals surface area (Å²) in [5.74, 6) is 0. The molecule has 0 aliphatic rings. The summed E-state index contributed by atoms with van der Waals surface area (Å²) in [4.78, 5) is 1.30. The van der Waals surface area contributed by atoms with Gasteiger partial charge in [-0.3, -0.25) is 0 Å². The molecule has 124 valence electrons. The number of unbranched alkanes of at least 4 members (excludes halogenated alkanes) is 1. The number of benzene rings is 3. The van der Waals surface area contributed by atoms with Crippen LogP contribution in [-0.4, -0.2) is 5.48 Å². The molecule has 0 heterocycles. The Hall–Kier alpha value is -2.42. The van der Waals surface area contributed by atoms with Crippen molar-refractivity contribution in [3.05, 3.63) is 90.5 Å². The molecule has 0 atom stereocenters. The van der Waals surface area contributed by atoms with Crippen LogP contribution in [0.15, 0.2) is 84.9 Å². The zero-order valence-electron chi connectivity index (χ0n) is 14.2. The summed E-state index contributed by atoms with van der Waals surface area (Å²) >= 11 is 0. The Morgan fingerprint density at radius 2 is 1.08 bits per heavy atom. The van der Waals surface area contributed by atoms with Gasteiger partial charge in [-0.25, -0.2) is 4.90 Å². The van der Waals surface area contributed by atoms with Crippen molar-refractivity contribution < 1.29 is 10.4 Å². The van der Waals surface area contributed by atoms with Gasteiger partial charge in [-0.1, -0.05) is 61.9 Å². The van der Waals surface area contributed by atoms with Crippen LogP contribution in [0.25, 0.3) is 0 Å². The zero-order chi connectivity index (χ0) is 15.9. The van der Waals surface area contributed by atoms with E-state index in [-0.39, 0.29) is 5.48 Å². The maximum atomic E-state index is 2.27. The third kappa shape index (κ3) is 4.31. The summed E-state index contributed by atoms with van der Waals surface area (Å²) in [5.41, 5.74) is 5.23. The second-order valence-corrected chi connectivity index (χ2v) is 5.91. The summed E-state index contributed by atoms with van der Waals surface area (Å²) in [7, 11) is 0. The van der Waals surface area contributed by atoms with Gasteiger partial charge in [0, 0.05) is 12.1 Å². The minimum atomic E-state index is 0. The number of hydrogen-bond donors (Lipinski definition) is 1. The molecule has 0 aliphatic carbocycles. The monoisotopic (exact) mass is 319 g/mol. The number of hydrogen-bond acceptors (Lipinski definition) is 1. The first-order chi connectivity index (χ1) is 11.4. The Morgan fingerprint density at radius 1 is 0.625 bits per heavy atom. The third-order valence-electron chi connectivity index (χ3n) is 4.19. The van der Waals surface area contributed by atoms with E-state index < -0.39 is 0 Å². The largest absolute Gasteiger partial charge is 0.870 e. The molecule has 0 saturated carbocycles. The van der Waals surface area contributed by atoms with Gasteiger partial charge >= 0.3 is 0 Å². The van der Waals surface area contributed by atoms with E-state index in [9.17, 15) is 0 Å². The molecule has 0 unspecified atom stereocenters. The molecule has 0 aliphatic heterocycles. The quantitative estimate of drug-likeness (QED) is 0.679. The molecule has 0 bridgehead atoms. The fourth-order valence-corrected chi connectivity index (χ4v) is 2.93. The van der Waals surface area contributed by atoms with Gasteiger partial charge in [-0.2, -0.15) is 0 Å². The van der Waals surface area contributed by atoms with Crippen LogP contribution in [0.2, 0.25) is 0 Å². The van der Waals surface area contributed by atoms with Gasteiger partial charge in [0.15, 0.2) is 0 Å². The van der Waals surface area contributed by atoms with Crippen LogP contribution in [0.1, 0.15) is 25.3 Å². The molecule has 0 fully saturated rings. The second-order valence-electron chi connectivity index (χ2n) is 5.91. The highest BCUT2D eigenvalue weighted by molar-refractivity contribution is 5.46. The van der Waals surface area contributed by atoms with Crippen LogP contribution in [0.5, 0.6) is 0 Å². The average Bonchev–Trinajstić information content (AvgIpc) is 2.63. The van der Waals surface area contributed by atoms with E-state index in [1.54, 1.807) is 0 Å². The molecule has 2 nitrogen and oxygen atoms in total. The van der Waals surface area contributed by atoms with Crippen LogP contribution in [0, 0.1) is 0 Å². The van der Waals surface area contributed by atoms with E-state index in [2.05, 4.69) is 91.9 Å². The van der Waals surface area contributed by atoms with Crippen molar-refractivity contribution in [3.8, 4) is 0 Å². The van der Waals surface area contributed by atoms with E-state index in [1.807, 2.05) is 0 Å². The number of aryl methyl sites for hydroxylation is 1. The minimum Gasteiger partial charge on any atom is -0.870 e. The van der Waals surface area contributed by atoms with Crippen LogP contribution in [-0.2, 0) is 6.42 Å². The second kappa shape index (κ2) is 9.02. The van der Waals surface area contributed by atoms with Gasteiger partial charge in [0.2, 0.25) is 0 Å². The fraction of sp³-hybridized carbons (Fsp3) is 0.182. The zero-order valence-corrected chi connectivity index (χ0v) is 14.2. The van der Waals surface area contributed by atoms with Gasteiger partial charge < -0.3 is 5.48 Å². The highest BCUT2D eigenvalue weighted by Crippen LogP contribution is 2.16. The van der Waals surface area contributed by atoms with E-state index in [0.29, 0.717) is 0 Å². The summed E-state index contributed by atoms with van der Waals surface area (Å²) in [5, 5.41) is 0. The standard InChI is InChI=1S/C22H23N.H2O/c1-2-3-10-19-15-17-22(18-16-19)23(20-11-6-4-7-12-20)21-13-8-5-9-14-21;/h4-9,11-18H,2-3,10H2,1H3;1H2. The van der Waals surface area contributed by atoms with Crippen LogP contribution >= 0.6 is 0 Å². The predicted octanol–water partition coefficient (Wildman–Crippen LogP) is 5.03. The van der Waals surface area contributed by atoms with Crippen LogP contribution in [0.3, 0.4) is 0 Å². The topological polar surface area (TPSA) is 34.4 Å². The van der Waals surface area contributed by atoms with Gasteiger partial charge in [-0.15, -0.1) is 0 Å². The van der Waals surface area contributed by atoms with E-state index >= 15 is 0 Å². The average molecular weight is 319 g/mol. The lowest BCUT2D eigenvalue weighted by Gasteiger charge is -2.18. The van der Waals surface area contributed by atoms with Crippen molar-refractivity contribution in [3.63, 3.8) is 0 Å². The van der Waals surface area contributed by atoms with Crippen LogP contribution in [0.4, 0.5) is 17.1 Å². The maximum absolute atomic E-state index is 2.27. The van der Waals surface area contributed by atoms with Gasteiger partial charge in [0.25, 0.3) is 0 Å². The van der Waals surface area contributed by atoms with Crippen molar-refractivity contribution in [2.24, 2.45) is 0 Å². The SMILES string of the molecule is CCCCc1ccc([NH+](c2ccccc2)c2ccccc2)cc1.[OH-]. The Kier molecular flexibility index (Phi) is 6.74. The molecule has 0 aromatic heterocycles. The lowest BCUT2D eigenvalue weighted by atomic mass is 10.1. The summed E-state index contributed by atoms with van der Waals surface area (Å²) in [6.07, 6.45) is 3.67. The molecule has 0 amide bonds. The Bertz CT molecular complexity index is 668. The van der Waals surface area contributed by atoms with Crippen molar-refractivity contribution >= 4 is 17.1 Å².